The zero-order chi connectivity index (χ0) is 9.64. The van der Waals surface area contributed by atoms with Gasteiger partial charge in [-0.3, -0.25) is 0 Å². The molecule has 1 aromatic heterocycles. The van der Waals surface area contributed by atoms with Crippen molar-refractivity contribution in [1.29, 1.82) is 0 Å². The van der Waals surface area contributed by atoms with Crippen LogP contribution in [0.4, 0.5) is 0 Å². The Hall–Kier alpha value is -1.16. The maximum Gasteiger partial charge on any atom is 0.233 e. The number of hydrogen-bond acceptors (Lipinski definition) is 4. The second kappa shape index (κ2) is 4.91. The first-order valence-corrected chi connectivity index (χ1v) is 5.06. The van der Waals surface area contributed by atoms with Crippen LogP contribution in [-0.2, 0) is 0 Å². The Morgan fingerprint density at radius 2 is 2.29 bits per heavy atom. The topological polar surface area (TPSA) is 47.0 Å². The predicted octanol–water partition coefficient (Wildman–Crippen LogP) is 0.855. The monoisotopic (exact) mass is 193 g/mol. The van der Waals surface area contributed by atoms with Crippen molar-refractivity contribution in [2.45, 2.75) is 12.8 Å². The van der Waals surface area contributed by atoms with E-state index < -0.39 is 0 Å². The normalized spacial score (nSPS) is 18.0. The summed E-state index contributed by atoms with van der Waals surface area (Å²) in [5.74, 6) is 1.30. The molecule has 0 atom stereocenters. The van der Waals surface area contributed by atoms with Gasteiger partial charge in [0.15, 0.2) is 0 Å². The van der Waals surface area contributed by atoms with E-state index in [4.69, 9.17) is 4.74 Å². The molecule has 0 unspecified atom stereocenters. The lowest BCUT2D eigenvalue weighted by Crippen LogP contribution is -2.30. The number of nitrogens with one attached hydrogen (secondary N) is 1. The van der Waals surface area contributed by atoms with Crippen LogP contribution in [0, 0.1) is 5.92 Å². The fourth-order valence-electron chi connectivity index (χ4n) is 1.62. The summed E-state index contributed by atoms with van der Waals surface area (Å²) in [4.78, 5) is 0. The average Bonchev–Trinajstić information content (AvgIpc) is 2.29. The third-order valence-corrected chi connectivity index (χ3v) is 2.47. The lowest BCUT2D eigenvalue weighted by Gasteiger charge is -2.22. The number of nitrogens with zero attached hydrogens (tertiary/aromatic N) is 2. The number of aromatic nitrogens is 2. The number of ether oxygens (including phenoxy) is 1. The summed E-state index contributed by atoms with van der Waals surface area (Å²) >= 11 is 0. The fourth-order valence-corrected chi connectivity index (χ4v) is 1.62. The highest BCUT2D eigenvalue weighted by Crippen LogP contribution is 2.13. The highest BCUT2D eigenvalue weighted by Gasteiger charge is 2.13. The van der Waals surface area contributed by atoms with E-state index in [-0.39, 0.29) is 0 Å². The molecule has 0 bridgehead atoms. The van der Waals surface area contributed by atoms with E-state index in [0.717, 1.165) is 19.7 Å². The van der Waals surface area contributed by atoms with Crippen LogP contribution in [-0.4, -0.2) is 29.9 Å². The molecule has 1 N–H and O–H groups in total. The summed E-state index contributed by atoms with van der Waals surface area (Å²) in [5, 5.41) is 11.0. The molecule has 4 heteroatoms. The number of rotatable bonds is 3. The molecule has 2 heterocycles. The van der Waals surface area contributed by atoms with Crippen molar-refractivity contribution < 1.29 is 4.74 Å². The molecule has 0 radical (unpaired) electrons. The van der Waals surface area contributed by atoms with Crippen LogP contribution in [0.15, 0.2) is 18.3 Å². The summed E-state index contributed by atoms with van der Waals surface area (Å²) in [6.45, 7) is 2.98. The van der Waals surface area contributed by atoms with Crippen LogP contribution in [0.2, 0.25) is 0 Å². The van der Waals surface area contributed by atoms with E-state index in [1.54, 1.807) is 6.20 Å². The van der Waals surface area contributed by atoms with Crippen molar-refractivity contribution in [2.75, 3.05) is 19.7 Å². The molecule has 0 aromatic carbocycles. The third-order valence-electron chi connectivity index (χ3n) is 2.47. The van der Waals surface area contributed by atoms with Crippen LogP contribution in [0.25, 0.3) is 0 Å². The van der Waals surface area contributed by atoms with Crippen molar-refractivity contribution in [2.24, 2.45) is 5.92 Å². The minimum absolute atomic E-state index is 0.631. The molecule has 0 amide bonds. The standard InChI is InChI=1S/C10H15N3O/c1-2-10(13-12-5-1)14-8-9-3-6-11-7-4-9/h1-2,5,9,11H,3-4,6-8H2. The average molecular weight is 193 g/mol. The van der Waals surface area contributed by atoms with E-state index in [1.165, 1.54) is 12.8 Å². The first-order chi connectivity index (χ1) is 6.95. The van der Waals surface area contributed by atoms with E-state index in [1.807, 2.05) is 12.1 Å². The number of piperidine rings is 1. The second-order valence-corrected chi connectivity index (χ2v) is 3.57. The quantitative estimate of drug-likeness (QED) is 0.773. The van der Waals surface area contributed by atoms with Crippen molar-refractivity contribution >= 4 is 0 Å². The number of hydrogen-bond donors (Lipinski definition) is 1. The molecule has 0 saturated carbocycles. The smallest absolute Gasteiger partial charge is 0.233 e. The predicted molar refractivity (Wildman–Crippen MR) is 53.1 cm³/mol. The van der Waals surface area contributed by atoms with Crippen molar-refractivity contribution in [1.82, 2.24) is 15.5 Å². The molecule has 1 saturated heterocycles. The molecule has 1 aliphatic rings. The van der Waals surface area contributed by atoms with E-state index in [9.17, 15) is 0 Å². The Morgan fingerprint density at radius 1 is 1.43 bits per heavy atom. The largest absolute Gasteiger partial charge is 0.476 e. The van der Waals surface area contributed by atoms with Gasteiger partial charge in [-0.05, 0) is 37.9 Å². The minimum atomic E-state index is 0.631. The van der Waals surface area contributed by atoms with Crippen LogP contribution in [0.3, 0.4) is 0 Å². The summed E-state index contributed by atoms with van der Waals surface area (Å²) in [7, 11) is 0. The van der Waals surface area contributed by atoms with Gasteiger partial charge < -0.3 is 10.1 Å². The first-order valence-electron chi connectivity index (χ1n) is 5.06. The molecule has 0 spiro atoms. The summed E-state index contributed by atoms with van der Waals surface area (Å²) < 4.78 is 5.54. The van der Waals surface area contributed by atoms with Gasteiger partial charge in [-0.2, -0.15) is 5.10 Å². The molecule has 0 aliphatic carbocycles. The Kier molecular flexibility index (Phi) is 3.29. The van der Waals surface area contributed by atoms with Gasteiger partial charge >= 0.3 is 0 Å². The van der Waals surface area contributed by atoms with Gasteiger partial charge in [-0.25, -0.2) is 0 Å². The Labute approximate surface area is 83.7 Å². The molecule has 1 fully saturated rings. The van der Waals surface area contributed by atoms with Gasteiger partial charge in [0, 0.05) is 12.3 Å². The van der Waals surface area contributed by atoms with Gasteiger partial charge in [0.25, 0.3) is 0 Å². The van der Waals surface area contributed by atoms with E-state index in [0.29, 0.717) is 11.8 Å². The molecule has 76 valence electrons. The summed E-state index contributed by atoms with van der Waals surface area (Å²) in [5.41, 5.74) is 0. The van der Waals surface area contributed by atoms with Crippen molar-refractivity contribution in [3.8, 4) is 5.88 Å². The maximum absolute atomic E-state index is 5.54. The van der Waals surface area contributed by atoms with Crippen molar-refractivity contribution in [3.05, 3.63) is 18.3 Å². The fraction of sp³-hybridized carbons (Fsp3) is 0.600. The first kappa shape index (κ1) is 9.40. The maximum atomic E-state index is 5.54. The SMILES string of the molecule is c1cnnc(OCC2CCNCC2)c1. The van der Waals surface area contributed by atoms with Crippen LogP contribution in [0.1, 0.15) is 12.8 Å². The van der Waals surface area contributed by atoms with Crippen LogP contribution < -0.4 is 10.1 Å². The molecule has 1 aromatic rings. The lowest BCUT2D eigenvalue weighted by molar-refractivity contribution is 0.207. The lowest BCUT2D eigenvalue weighted by atomic mass is 9.99. The Morgan fingerprint density at radius 3 is 3.00 bits per heavy atom. The van der Waals surface area contributed by atoms with Crippen molar-refractivity contribution in [3.63, 3.8) is 0 Å². The van der Waals surface area contributed by atoms with Gasteiger partial charge in [0.05, 0.1) is 6.61 Å². The second-order valence-electron chi connectivity index (χ2n) is 3.57. The summed E-state index contributed by atoms with van der Waals surface area (Å²) in [6, 6.07) is 3.68. The molecule has 4 nitrogen and oxygen atoms in total. The Bertz CT molecular complexity index is 259. The van der Waals surface area contributed by atoms with Gasteiger partial charge in [0.1, 0.15) is 0 Å². The van der Waals surface area contributed by atoms with Crippen LogP contribution in [0.5, 0.6) is 5.88 Å². The van der Waals surface area contributed by atoms with E-state index >= 15 is 0 Å². The summed E-state index contributed by atoms with van der Waals surface area (Å²) in [6.07, 6.45) is 4.04. The van der Waals surface area contributed by atoms with E-state index in [2.05, 4.69) is 15.5 Å². The zero-order valence-electron chi connectivity index (χ0n) is 8.15. The highest BCUT2D eigenvalue weighted by molar-refractivity contribution is 5.05. The zero-order valence-corrected chi connectivity index (χ0v) is 8.15. The molecular weight excluding hydrogens is 178 g/mol. The minimum Gasteiger partial charge on any atom is -0.476 e. The van der Waals surface area contributed by atoms with Crippen LogP contribution >= 0.6 is 0 Å². The highest BCUT2D eigenvalue weighted by atomic mass is 16.5. The van der Waals surface area contributed by atoms with Gasteiger partial charge in [-0.15, -0.1) is 5.10 Å². The molecular formula is C10H15N3O. The van der Waals surface area contributed by atoms with Gasteiger partial charge in [-0.1, -0.05) is 0 Å². The Balaban J connectivity index is 1.76. The molecule has 2 rings (SSSR count). The molecule has 14 heavy (non-hydrogen) atoms. The van der Waals surface area contributed by atoms with Gasteiger partial charge in [0.2, 0.25) is 5.88 Å². The molecule has 1 aliphatic heterocycles. The third kappa shape index (κ3) is 2.67.